The number of carbonyl (C=O) groups is 2. The molecule has 0 saturated carbocycles. The number of carbonyl (C=O) groups excluding carboxylic acids is 2. The molecule has 0 aromatic carbocycles. The molecule has 0 saturated heterocycles. The van der Waals surface area contributed by atoms with E-state index >= 15 is 0 Å². The van der Waals surface area contributed by atoms with Crippen LogP contribution in [0, 0.1) is 0 Å². The first kappa shape index (κ1) is 15.7. The lowest BCUT2D eigenvalue weighted by Crippen LogP contribution is -2.42. The van der Waals surface area contributed by atoms with Crippen molar-refractivity contribution in [1.29, 1.82) is 0 Å². The van der Waals surface area contributed by atoms with Crippen LogP contribution in [0.2, 0.25) is 0 Å². The van der Waals surface area contributed by atoms with E-state index in [4.69, 9.17) is 4.74 Å². The Labute approximate surface area is 103 Å². The topological polar surface area (TPSA) is 55.4 Å². The smallest absolute Gasteiger partial charge is 0.328 e. The minimum Gasteiger partial charge on any atom is -0.458 e. The van der Waals surface area contributed by atoms with Gasteiger partial charge >= 0.3 is 5.97 Å². The molecule has 4 heteroatoms. The van der Waals surface area contributed by atoms with Crippen molar-refractivity contribution >= 4 is 11.9 Å². The molecule has 0 aromatic rings. The number of hydrogen-bond acceptors (Lipinski definition) is 3. The van der Waals surface area contributed by atoms with Crippen LogP contribution in [-0.2, 0) is 14.3 Å². The summed E-state index contributed by atoms with van der Waals surface area (Å²) in [7, 11) is 0. The van der Waals surface area contributed by atoms with Crippen molar-refractivity contribution in [2.45, 2.75) is 58.6 Å². The summed E-state index contributed by atoms with van der Waals surface area (Å²) in [6, 6.07) is -0.606. The van der Waals surface area contributed by atoms with Gasteiger partial charge in [0.15, 0.2) is 0 Å². The zero-order valence-electron chi connectivity index (χ0n) is 11.2. The maximum absolute atomic E-state index is 11.6. The molecule has 98 valence electrons. The molecule has 0 aliphatic carbocycles. The van der Waals surface area contributed by atoms with Gasteiger partial charge in [0.25, 0.3) is 0 Å². The Morgan fingerprint density at radius 2 is 2.00 bits per heavy atom. The SMILES string of the molecule is C=CCCCC(=O)NC(C)C(=O)OC(C)(C)C. The molecule has 0 fully saturated rings. The van der Waals surface area contributed by atoms with Crippen LogP contribution in [-0.4, -0.2) is 23.5 Å². The first-order chi connectivity index (χ1) is 7.76. The first-order valence-corrected chi connectivity index (χ1v) is 5.89. The summed E-state index contributed by atoms with van der Waals surface area (Å²) < 4.78 is 5.16. The lowest BCUT2D eigenvalue weighted by molar-refractivity contribution is -0.158. The van der Waals surface area contributed by atoms with Crippen LogP contribution in [0.25, 0.3) is 0 Å². The Morgan fingerprint density at radius 3 is 2.47 bits per heavy atom. The Balaban J connectivity index is 3.99. The standard InChI is InChI=1S/C13H23NO3/c1-6-7-8-9-11(15)14-10(2)12(16)17-13(3,4)5/h6,10H,1,7-9H2,2-5H3,(H,14,15). The molecule has 1 atom stereocenters. The van der Waals surface area contributed by atoms with Gasteiger partial charge in [0, 0.05) is 6.42 Å². The third-order valence-electron chi connectivity index (χ3n) is 1.95. The van der Waals surface area contributed by atoms with Crippen LogP contribution >= 0.6 is 0 Å². The Kier molecular flexibility index (Phi) is 6.54. The highest BCUT2D eigenvalue weighted by Crippen LogP contribution is 2.08. The van der Waals surface area contributed by atoms with Gasteiger partial charge in [0.2, 0.25) is 5.91 Å². The number of esters is 1. The molecule has 0 spiro atoms. The van der Waals surface area contributed by atoms with Crippen molar-refractivity contribution in [1.82, 2.24) is 5.32 Å². The van der Waals surface area contributed by atoms with Crippen molar-refractivity contribution < 1.29 is 14.3 Å². The van der Waals surface area contributed by atoms with E-state index in [1.54, 1.807) is 33.8 Å². The predicted molar refractivity (Wildman–Crippen MR) is 67.5 cm³/mol. The number of nitrogens with one attached hydrogen (secondary N) is 1. The lowest BCUT2D eigenvalue weighted by atomic mass is 10.2. The van der Waals surface area contributed by atoms with Gasteiger partial charge < -0.3 is 10.1 Å². The molecule has 0 heterocycles. The Hall–Kier alpha value is -1.32. The maximum Gasteiger partial charge on any atom is 0.328 e. The minimum atomic E-state index is -0.606. The second-order valence-corrected chi connectivity index (χ2v) is 5.00. The van der Waals surface area contributed by atoms with Crippen LogP contribution in [0.4, 0.5) is 0 Å². The summed E-state index contributed by atoms with van der Waals surface area (Å²) in [5, 5.41) is 2.61. The van der Waals surface area contributed by atoms with Crippen LogP contribution in [0.3, 0.4) is 0 Å². The van der Waals surface area contributed by atoms with E-state index in [1.807, 2.05) is 0 Å². The van der Waals surface area contributed by atoms with Gasteiger partial charge in [-0.3, -0.25) is 4.79 Å². The zero-order valence-corrected chi connectivity index (χ0v) is 11.2. The summed E-state index contributed by atoms with van der Waals surface area (Å²) in [5.41, 5.74) is -0.529. The molecule has 1 amide bonds. The molecular formula is C13H23NO3. The summed E-state index contributed by atoms with van der Waals surface area (Å²) in [6.07, 6.45) is 3.72. The summed E-state index contributed by atoms with van der Waals surface area (Å²) >= 11 is 0. The summed E-state index contributed by atoms with van der Waals surface area (Å²) in [5.74, 6) is -0.542. The Morgan fingerprint density at radius 1 is 1.41 bits per heavy atom. The van der Waals surface area contributed by atoms with Crippen LogP contribution in [0.1, 0.15) is 47.0 Å². The average Bonchev–Trinajstić information content (AvgIpc) is 2.15. The van der Waals surface area contributed by atoms with E-state index in [2.05, 4.69) is 11.9 Å². The predicted octanol–water partition coefficient (Wildman–Crippen LogP) is 2.19. The highest BCUT2D eigenvalue weighted by atomic mass is 16.6. The van der Waals surface area contributed by atoms with E-state index < -0.39 is 17.6 Å². The molecular weight excluding hydrogens is 218 g/mol. The lowest BCUT2D eigenvalue weighted by Gasteiger charge is -2.22. The summed E-state index contributed by atoms with van der Waals surface area (Å²) in [6.45, 7) is 10.6. The fraction of sp³-hybridized carbons (Fsp3) is 0.692. The molecule has 0 aliphatic heterocycles. The van der Waals surface area contributed by atoms with Gasteiger partial charge in [0.1, 0.15) is 11.6 Å². The monoisotopic (exact) mass is 241 g/mol. The number of rotatable bonds is 6. The van der Waals surface area contributed by atoms with Crippen LogP contribution in [0.5, 0.6) is 0 Å². The Bertz CT molecular complexity index is 279. The van der Waals surface area contributed by atoms with E-state index in [0.717, 1.165) is 12.8 Å². The first-order valence-electron chi connectivity index (χ1n) is 5.89. The molecule has 0 bridgehead atoms. The van der Waals surface area contributed by atoms with Crippen molar-refractivity contribution in [3.8, 4) is 0 Å². The van der Waals surface area contributed by atoms with Crippen molar-refractivity contribution in [3.63, 3.8) is 0 Å². The largest absolute Gasteiger partial charge is 0.458 e. The van der Waals surface area contributed by atoms with Crippen LogP contribution in [0.15, 0.2) is 12.7 Å². The van der Waals surface area contributed by atoms with E-state index in [9.17, 15) is 9.59 Å². The van der Waals surface area contributed by atoms with Crippen LogP contribution < -0.4 is 5.32 Å². The van der Waals surface area contributed by atoms with Gasteiger partial charge in [-0.05, 0) is 40.5 Å². The molecule has 0 rings (SSSR count). The van der Waals surface area contributed by atoms with Gasteiger partial charge in [0.05, 0.1) is 0 Å². The third-order valence-corrected chi connectivity index (χ3v) is 1.95. The highest BCUT2D eigenvalue weighted by molar-refractivity contribution is 5.84. The van der Waals surface area contributed by atoms with E-state index in [-0.39, 0.29) is 5.91 Å². The molecule has 17 heavy (non-hydrogen) atoms. The quantitative estimate of drug-likeness (QED) is 0.440. The fourth-order valence-corrected chi connectivity index (χ4v) is 1.17. The molecule has 0 radical (unpaired) electrons. The van der Waals surface area contributed by atoms with Crippen molar-refractivity contribution in [3.05, 3.63) is 12.7 Å². The average molecular weight is 241 g/mol. The third kappa shape index (κ3) is 8.48. The number of unbranched alkanes of at least 4 members (excludes halogenated alkanes) is 1. The number of amides is 1. The molecule has 0 aliphatic rings. The maximum atomic E-state index is 11.6. The minimum absolute atomic E-state index is 0.134. The normalized spacial score (nSPS) is 12.7. The number of allylic oxidation sites excluding steroid dienone is 1. The van der Waals surface area contributed by atoms with Crippen molar-refractivity contribution in [2.75, 3.05) is 0 Å². The van der Waals surface area contributed by atoms with Gasteiger partial charge in [-0.25, -0.2) is 4.79 Å². The van der Waals surface area contributed by atoms with Gasteiger partial charge in [-0.2, -0.15) is 0 Å². The highest BCUT2D eigenvalue weighted by Gasteiger charge is 2.22. The molecule has 1 N–H and O–H groups in total. The van der Waals surface area contributed by atoms with E-state index in [0.29, 0.717) is 6.42 Å². The second-order valence-electron chi connectivity index (χ2n) is 5.00. The van der Waals surface area contributed by atoms with Gasteiger partial charge in [-0.15, -0.1) is 6.58 Å². The molecule has 0 aromatic heterocycles. The van der Waals surface area contributed by atoms with Gasteiger partial charge in [-0.1, -0.05) is 6.08 Å². The summed E-state index contributed by atoms with van der Waals surface area (Å²) in [4.78, 5) is 23.0. The molecule has 4 nitrogen and oxygen atoms in total. The van der Waals surface area contributed by atoms with Crippen molar-refractivity contribution in [2.24, 2.45) is 0 Å². The zero-order chi connectivity index (χ0) is 13.5. The number of ether oxygens (including phenoxy) is 1. The molecule has 1 unspecified atom stereocenters. The fourth-order valence-electron chi connectivity index (χ4n) is 1.17. The number of hydrogen-bond donors (Lipinski definition) is 1. The van der Waals surface area contributed by atoms with E-state index in [1.165, 1.54) is 0 Å². The second kappa shape index (κ2) is 7.09.